The molecule has 2 aliphatic rings. The van der Waals surface area contributed by atoms with E-state index in [9.17, 15) is 45.6 Å². The Labute approximate surface area is 342 Å². The van der Waals surface area contributed by atoms with Gasteiger partial charge in [0.15, 0.2) is 12.6 Å². The maximum atomic E-state index is 13.1. The lowest BCUT2D eigenvalue weighted by molar-refractivity contribution is -0.359. The zero-order valence-electron chi connectivity index (χ0n) is 35.1. The summed E-state index contributed by atoms with van der Waals surface area (Å²) in [6.45, 7) is 2.73. The number of allylic oxidation sites excluding steroid dienone is 1. The molecule has 2 heterocycles. The molecule has 1 amide bonds. The average molecular weight is 820 g/mol. The smallest absolute Gasteiger partial charge is 0.220 e. The molecule has 14 nitrogen and oxygen atoms in total. The molecular formula is C43H81NO13. The first-order valence-electron chi connectivity index (χ1n) is 22.4. The molecule has 0 bridgehead atoms. The second-order valence-electron chi connectivity index (χ2n) is 16.2. The van der Waals surface area contributed by atoms with Crippen molar-refractivity contribution in [3.8, 4) is 0 Å². The van der Waals surface area contributed by atoms with E-state index >= 15 is 0 Å². The largest absolute Gasteiger partial charge is 0.394 e. The summed E-state index contributed by atoms with van der Waals surface area (Å²) in [6.07, 6.45) is 12.7. The van der Waals surface area contributed by atoms with Gasteiger partial charge in [-0.15, -0.1) is 0 Å². The molecule has 0 aromatic rings. The lowest BCUT2D eigenvalue weighted by Crippen LogP contribution is -2.65. The van der Waals surface area contributed by atoms with Gasteiger partial charge in [0.25, 0.3) is 0 Å². The molecule has 57 heavy (non-hydrogen) atoms. The van der Waals surface area contributed by atoms with E-state index in [1.54, 1.807) is 6.08 Å². The normalized spacial score (nSPS) is 29.2. The first kappa shape index (κ1) is 51.9. The van der Waals surface area contributed by atoms with E-state index in [0.29, 0.717) is 6.42 Å². The Hall–Kier alpha value is -1.27. The number of aliphatic hydroxyl groups excluding tert-OH is 8. The van der Waals surface area contributed by atoms with Gasteiger partial charge >= 0.3 is 0 Å². The molecule has 12 atom stereocenters. The molecule has 2 fully saturated rings. The molecule has 0 aromatic carbocycles. The van der Waals surface area contributed by atoms with Gasteiger partial charge in [-0.2, -0.15) is 0 Å². The number of hydrogen-bond donors (Lipinski definition) is 9. The van der Waals surface area contributed by atoms with Crippen LogP contribution in [0.15, 0.2) is 12.2 Å². The van der Waals surface area contributed by atoms with Gasteiger partial charge in [0.2, 0.25) is 5.91 Å². The predicted molar refractivity (Wildman–Crippen MR) is 217 cm³/mol. The van der Waals surface area contributed by atoms with E-state index in [1.165, 1.54) is 96.3 Å². The summed E-state index contributed by atoms with van der Waals surface area (Å²) in [5.41, 5.74) is 0. The number of ether oxygens (including phenoxy) is 4. The van der Waals surface area contributed by atoms with Gasteiger partial charge in [0.05, 0.1) is 32.0 Å². The van der Waals surface area contributed by atoms with Gasteiger partial charge in [-0.25, -0.2) is 0 Å². The molecule has 336 valence electrons. The lowest BCUT2D eigenvalue weighted by Gasteiger charge is -2.46. The summed E-state index contributed by atoms with van der Waals surface area (Å²) < 4.78 is 22.6. The van der Waals surface area contributed by atoms with Crippen LogP contribution in [0.25, 0.3) is 0 Å². The number of nitrogens with one attached hydrogen (secondary N) is 1. The topological polar surface area (TPSA) is 228 Å². The van der Waals surface area contributed by atoms with Gasteiger partial charge in [0.1, 0.15) is 48.8 Å². The molecule has 4 unspecified atom stereocenters. The van der Waals surface area contributed by atoms with Crippen LogP contribution in [0.3, 0.4) is 0 Å². The molecule has 14 heteroatoms. The number of carbonyl (C=O) groups excluding carboxylic acids is 1. The van der Waals surface area contributed by atoms with Crippen LogP contribution in [0.5, 0.6) is 0 Å². The Morgan fingerprint density at radius 2 is 1.09 bits per heavy atom. The van der Waals surface area contributed by atoms with Crippen LogP contribution in [0.1, 0.15) is 162 Å². The lowest BCUT2D eigenvalue weighted by atomic mass is 9.97. The van der Waals surface area contributed by atoms with Gasteiger partial charge in [-0.1, -0.05) is 148 Å². The minimum Gasteiger partial charge on any atom is -0.394 e. The number of amides is 1. The fraction of sp³-hybridized carbons (Fsp3) is 0.930. The highest BCUT2D eigenvalue weighted by Gasteiger charge is 2.50. The quantitative estimate of drug-likeness (QED) is 0.0337. The molecule has 0 radical (unpaired) electrons. The van der Waals surface area contributed by atoms with Crippen molar-refractivity contribution in [2.45, 2.75) is 235 Å². The number of unbranched alkanes of at least 4 members (excludes halogenated alkanes) is 20. The molecule has 0 aromatic heterocycles. The Balaban J connectivity index is 1.91. The van der Waals surface area contributed by atoms with Crippen LogP contribution >= 0.6 is 0 Å². The monoisotopic (exact) mass is 820 g/mol. The van der Waals surface area contributed by atoms with Crippen molar-refractivity contribution in [2.75, 3.05) is 19.8 Å². The Morgan fingerprint density at radius 1 is 0.614 bits per heavy atom. The summed E-state index contributed by atoms with van der Waals surface area (Å²) in [4.78, 5) is 13.1. The Bertz CT molecular complexity index is 1020. The zero-order valence-corrected chi connectivity index (χ0v) is 35.1. The van der Waals surface area contributed by atoms with Crippen molar-refractivity contribution in [1.29, 1.82) is 0 Å². The van der Waals surface area contributed by atoms with Crippen LogP contribution in [0.4, 0.5) is 0 Å². The van der Waals surface area contributed by atoms with E-state index in [-0.39, 0.29) is 18.9 Å². The zero-order chi connectivity index (χ0) is 41.8. The predicted octanol–water partition coefficient (Wildman–Crippen LogP) is 4.04. The van der Waals surface area contributed by atoms with Crippen LogP contribution in [-0.4, -0.2) is 140 Å². The van der Waals surface area contributed by atoms with Gasteiger partial charge in [-0.3, -0.25) is 4.79 Å². The van der Waals surface area contributed by atoms with Crippen molar-refractivity contribution in [1.82, 2.24) is 5.32 Å². The maximum Gasteiger partial charge on any atom is 0.220 e. The van der Waals surface area contributed by atoms with Crippen molar-refractivity contribution in [2.24, 2.45) is 0 Å². The second kappa shape index (κ2) is 31.6. The van der Waals surface area contributed by atoms with Gasteiger partial charge in [0, 0.05) is 6.42 Å². The van der Waals surface area contributed by atoms with Crippen molar-refractivity contribution in [3.05, 3.63) is 12.2 Å². The molecule has 0 saturated carbocycles. The average Bonchev–Trinajstić information content (AvgIpc) is 3.21. The summed E-state index contributed by atoms with van der Waals surface area (Å²) in [5, 5.41) is 86.3. The van der Waals surface area contributed by atoms with Crippen LogP contribution in [0.2, 0.25) is 0 Å². The molecule has 2 saturated heterocycles. The van der Waals surface area contributed by atoms with Gasteiger partial charge in [-0.05, 0) is 19.3 Å². The summed E-state index contributed by atoms with van der Waals surface area (Å²) >= 11 is 0. The van der Waals surface area contributed by atoms with Crippen LogP contribution in [0, 0.1) is 0 Å². The van der Waals surface area contributed by atoms with Crippen molar-refractivity contribution in [3.63, 3.8) is 0 Å². The van der Waals surface area contributed by atoms with E-state index in [1.807, 2.05) is 6.08 Å². The van der Waals surface area contributed by atoms with Crippen LogP contribution in [-0.2, 0) is 23.7 Å². The van der Waals surface area contributed by atoms with Crippen molar-refractivity contribution < 1.29 is 64.6 Å². The minimum absolute atomic E-state index is 0.242. The summed E-state index contributed by atoms with van der Waals surface area (Å²) in [5.74, 6) is -0.242. The number of aliphatic hydroxyl groups is 8. The SMILES string of the molecule is CCCCCCCCCC/C=C/[C@@H](O)[C@H](CO[C@@H]1O[C@H](CO)[C@@H](O[C@@H]2O[C@H](CO)[C@H](O)C(O)C2O)C(O)C1O)NC(=O)CCCCCCCCCCCCCCC. The third-order valence-electron chi connectivity index (χ3n) is 11.2. The number of rotatable bonds is 33. The second-order valence-corrected chi connectivity index (χ2v) is 16.2. The van der Waals surface area contributed by atoms with E-state index in [4.69, 9.17) is 18.9 Å². The van der Waals surface area contributed by atoms with Gasteiger partial charge < -0.3 is 65.1 Å². The van der Waals surface area contributed by atoms with Crippen molar-refractivity contribution >= 4 is 5.91 Å². The molecule has 2 aliphatic heterocycles. The third kappa shape index (κ3) is 20.2. The molecule has 0 spiro atoms. The van der Waals surface area contributed by atoms with Crippen LogP contribution < -0.4 is 5.32 Å². The first-order chi connectivity index (χ1) is 27.6. The molecule has 0 aliphatic carbocycles. The first-order valence-corrected chi connectivity index (χ1v) is 22.4. The third-order valence-corrected chi connectivity index (χ3v) is 11.2. The molecule has 2 rings (SSSR count). The Kier molecular flexibility index (Phi) is 28.7. The number of carbonyl (C=O) groups is 1. The molecular weight excluding hydrogens is 738 g/mol. The maximum absolute atomic E-state index is 13.1. The standard InChI is InChI=1S/C43H81NO13/c1-3-5-7-9-11-13-15-16-17-19-21-23-25-27-35(48)44-31(32(47)26-24-22-20-18-14-12-10-8-6-4-2)30-54-42-40(53)38(51)41(34(29-46)56-42)57-43-39(52)37(50)36(49)33(28-45)55-43/h24,26,31-34,36-43,45-47,49-53H,3-23,25,27-30H2,1-2H3,(H,44,48)/b26-24+/t31-,32+,33+,34+,36-,37?,38?,39?,40?,41+,42+,43-/m0/s1. The van der Waals surface area contributed by atoms with E-state index in [2.05, 4.69) is 19.2 Å². The highest BCUT2D eigenvalue weighted by Crippen LogP contribution is 2.30. The number of hydrogen-bond acceptors (Lipinski definition) is 13. The fourth-order valence-electron chi connectivity index (χ4n) is 7.47. The summed E-state index contributed by atoms with van der Waals surface area (Å²) in [6, 6.07) is -0.905. The highest BCUT2D eigenvalue weighted by molar-refractivity contribution is 5.76. The fourth-order valence-corrected chi connectivity index (χ4v) is 7.47. The summed E-state index contributed by atoms with van der Waals surface area (Å²) in [7, 11) is 0. The highest BCUT2D eigenvalue weighted by atomic mass is 16.7. The minimum atomic E-state index is -1.78. The van der Waals surface area contributed by atoms with E-state index < -0.39 is 86.8 Å². The van der Waals surface area contributed by atoms with E-state index in [0.717, 1.165) is 38.5 Å². The Morgan fingerprint density at radius 3 is 1.61 bits per heavy atom. The molecule has 9 N–H and O–H groups in total.